The van der Waals surface area contributed by atoms with Gasteiger partial charge in [-0.3, -0.25) is 4.68 Å². The maximum atomic E-state index is 5.92. The molecule has 126 valence electrons. The number of fused-ring (bicyclic) bond motifs is 1. The highest BCUT2D eigenvalue weighted by molar-refractivity contribution is 5.87. The number of benzene rings is 1. The Bertz CT molecular complexity index is 1050. The van der Waals surface area contributed by atoms with E-state index < -0.39 is 0 Å². The van der Waals surface area contributed by atoms with E-state index in [1.165, 1.54) is 0 Å². The smallest absolute Gasteiger partial charge is 0.125 e. The zero-order valence-electron chi connectivity index (χ0n) is 14.2. The number of hydrogen-bond acceptors (Lipinski definition) is 4. The van der Waals surface area contributed by atoms with Gasteiger partial charge in [0.15, 0.2) is 0 Å². The third kappa shape index (κ3) is 2.82. The van der Waals surface area contributed by atoms with Crippen LogP contribution >= 0.6 is 0 Å². The van der Waals surface area contributed by atoms with Crippen molar-refractivity contribution in [1.29, 1.82) is 0 Å². The van der Waals surface area contributed by atoms with Gasteiger partial charge >= 0.3 is 0 Å². The first kappa shape index (κ1) is 15.3. The molecule has 0 fully saturated rings. The van der Waals surface area contributed by atoms with Crippen LogP contribution in [-0.2, 0) is 13.6 Å². The highest BCUT2D eigenvalue weighted by atomic mass is 16.5. The van der Waals surface area contributed by atoms with Crippen molar-refractivity contribution in [2.45, 2.75) is 6.54 Å². The van der Waals surface area contributed by atoms with Crippen molar-refractivity contribution in [2.24, 2.45) is 7.05 Å². The lowest BCUT2D eigenvalue weighted by atomic mass is 10.2. The van der Waals surface area contributed by atoms with Crippen LogP contribution in [0.2, 0.25) is 0 Å². The Kier molecular flexibility index (Phi) is 3.65. The summed E-state index contributed by atoms with van der Waals surface area (Å²) >= 11 is 0. The van der Waals surface area contributed by atoms with Gasteiger partial charge in [-0.15, -0.1) is 0 Å². The van der Waals surface area contributed by atoms with E-state index in [0.717, 1.165) is 33.5 Å². The molecule has 3 aromatic heterocycles. The summed E-state index contributed by atoms with van der Waals surface area (Å²) in [5.74, 6) is 1.35. The topological polar surface area (TPSA) is 70.9 Å². The first-order chi connectivity index (χ1) is 12.1. The van der Waals surface area contributed by atoms with Gasteiger partial charge in [-0.2, -0.15) is 5.10 Å². The van der Waals surface area contributed by atoms with Crippen LogP contribution in [0.5, 0.6) is 5.75 Å². The summed E-state index contributed by atoms with van der Waals surface area (Å²) in [6.45, 7) is 0.703. The Morgan fingerprint density at radius 3 is 2.80 bits per heavy atom. The Balaban J connectivity index is 1.88. The molecule has 25 heavy (non-hydrogen) atoms. The number of aromatic nitrogens is 4. The summed E-state index contributed by atoms with van der Waals surface area (Å²) < 4.78 is 9.38. The zero-order chi connectivity index (χ0) is 17.4. The molecule has 0 aliphatic heterocycles. The molecule has 6 nitrogen and oxygen atoms in total. The third-order valence-electron chi connectivity index (χ3n) is 4.28. The summed E-state index contributed by atoms with van der Waals surface area (Å²) in [7, 11) is 3.59. The van der Waals surface area contributed by atoms with Gasteiger partial charge in [0, 0.05) is 43.0 Å². The molecule has 0 radical (unpaired) electrons. The van der Waals surface area contributed by atoms with Crippen LogP contribution in [0.4, 0.5) is 5.82 Å². The molecule has 3 heterocycles. The Labute approximate surface area is 145 Å². The molecule has 2 N–H and O–H groups in total. The van der Waals surface area contributed by atoms with Crippen molar-refractivity contribution in [1.82, 2.24) is 19.3 Å². The molecule has 1 aromatic carbocycles. The SMILES string of the molecule is COc1cccc(Cn2c(-c3cnn(C)c3)cc3cnc(N)cc32)c1. The fourth-order valence-corrected chi connectivity index (χ4v) is 3.09. The van der Waals surface area contributed by atoms with E-state index in [-0.39, 0.29) is 0 Å². The Morgan fingerprint density at radius 1 is 1.16 bits per heavy atom. The molecule has 4 rings (SSSR count). The number of nitrogens with zero attached hydrogens (tertiary/aromatic N) is 4. The number of aryl methyl sites for hydroxylation is 1. The lowest BCUT2D eigenvalue weighted by Gasteiger charge is -2.11. The van der Waals surface area contributed by atoms with Gasteiger partial charge in [-0.05, 0) is 23.8 Å². The van der Waals surface area contributed by atoms with Crippen LogP contribution < -0.4 is 10.5 Å². The van der Waals surface area contributed by atoms with Gasteiger partial charge in [0.2, 0.25) is 0 Å². The zero-order valence-corrected chi connectivity index (χ0v) is 14.2. The Morgan fingerprint density at radius 2 is 2.04 bits per heavy atom. The standard InChI is InChI=1S/C19H19N5O/c1-23-12-15(10-22-23)17-7-14-9-21-19(20)8-18(14)24(17)11-13-4-3-5-16(6-13)25-2/h3-10,12H,11H2,1-2H3,(H2,20,21). The van der Waals surface area contributed by atoms with E-state index in [2.05, 4.69) is 26.8 Å². The van der Waals surface area contributed by atoms with Crippen LogP contribution in [0.25, 0.3) is 22.2 Å². The quantitative estimate of drug-likeness (QED) is 0.623. The summed E-state index contributed by atoms with van der Waals surface area (Å²) in [6.07, 6.45) is 5.69. The fraction of sp³-hybridized carbons (Fsp3) is 0.158. The molecule has 0 atom stereocenters. The van der Waals surface area contributed by atoms with Crippen molar-refractivity contribution in [3.8, 4) is 17.0 Å². The van der Waals surface area contributed by atoms with Gasteiger partial charge < -0.3 is 15.0 Å². The van der Waals surface area contributed by atoms with Crippen molar-refractivity contribution in [3.63, 3.8) is 0 Å². The summed E-state index contributed by atoms with van der Waals surface area (Å²) in [5.41, 5.74) is 10.3. The fourth-order valence-electron chi connectivity index (χ4n) is 3.09. The van der Waals surface area contributed by atoms with E-state index >= 15 is 0 Å². The van der Waals surface area contributed by atoms with E-state index in [1.807, 2.05) is 49.9 Å². The number of nitrogens with two attached hydrogens (primary N) is 1. The minimum atomic E-state index is 0.509. The van der Waals surface area contributed by atoms with Crippen molar-refractivity contribution in [2.75, 3.05) is 12.8 Å². The third-order valence-corrected chi connectivity index (χ3v) is 4.28. The predicted molar refractivity (Wildman–Crippen MR) is 98.4 cm³/mol. The number of hydrogen-bond donors (Lipinski definition) is 1. The van der Waals surface area contributed by atoms with E-state index in [4.69, 9.17) is 10.5 Å². The second-order valence-corrected chi connectivity index (χ2v) is 6.04. The average Bonchev–Trinajstić information content (AvgIpc) is 3.19. The minimum absolute atomic E-state index is 0.509. The summed E-state index contributed by atoms with van der Waals surface area (Å²) in [4.78, 5) is 4.22. The maximum Gasteiger partial charge on any atom is 0.125 e. The molecule has 0 spiro atoms. The van der Waals surface area contributed by atoms with Gasteiger partial charge in [-0.25, -0.2) is 4.98 Å². The molecule has 0 aliphatic carbocycles. The monoisotopic (exact) mass is 333 g/mol. The van der Waals surface area contributed by atoms with Crippen LogP contribution in [0.1, 0.15) is 5.56 Å². The molecule has 0 saturated carbocycles. The van der Waals surface area contributed by atoms with Crippen LogP contribution in [-0.4, -0.2) is 26.4 Å². The summed E-state index contributed by atoms with van der Waals surface area (Å²) in [5, 5.41) is 5.35. The number of anilines is 1. The van der Waals surface area contributed by atoms with Gasteiger partial charge in [0.05, 0.1) is 24.5 Å². The normalized spacial score (nSPS) is 11.1. The van der Waals surface area contributed by atoms with Gasteiger partial charge in [-0.1, -0.05) is 12.1 Å². The molecule has 4 aromatic rings. The molecular weight excluding hydrogens is 314 g/mol. The van der Waals surface area contributed by atoms with Gasteiger partial charge in [0.1, 0.15) is 11.6 Å². The van der Waals surface area contributed by atoms with E-state index in [0.29, 0.717) is 12.4 Å². The van der Waals surface area contributed by atoms with Crippen molar-refractivity contribution >= 4 is 16.7 Å². The average molecular weight is 333 g/mol. The molecule has 0 saturated heterocycles. The van der Waals surface area contributed by atoms with Crippen molar-refractivity contribution in [3.05, 3.63) is 60.6 Å². The number of pyridine rings is 1. The summed E-state index contributed by atoms with van der Waals surface area (Å²) in [6, 6.07) is 12.1. The van der Waals surface area contributed by atoms with Crippen LogP contribution in [0, 0.1) is 0 Å². The van der Waals surface area contributed by atoms with E-state index in [9.17, 15) is 0 Å². The van der Waals surface area contributed by atoms with Gasteiger partial charge in [0.25, 0.3) is 0 Å². The second-order valence-electron chi connectivity index (χ2n) is 6.04. The van der Waals surface area contributed by atoms with E-state index in [1.54, 1.807) is 11.8 Å². The highest BCUT2D eigenvalue weighted by Crippen LogP contribution is 2.29. The number of rotatable bonds is 4. The minimum Gasteiger partial charge on any atom is -0.497 e. The molecule has 0 aliphatic rings. The second kappa shape index (κ2) is 5.98. The van der Waals surface area contributed by atoms with Crippen LogP contribution in [0.3, 0.4) is 0 Å². The molecular formula is C19H19N5O. The lowest BCUT2D eigenvalue weighted by Crippen LogP contribution is -2.02. The Hall–Kier alpha value is -3.28. The first-order valence-corrected chi connectivity index (χ1v) is 8.01. The molecule has 0 bridgehead atoms. The predicted octanol–water partition coefficient (Wildman–Crippen LogP) is 3.08. The molecule has 6 heteroatoms. The van der Waals surface area contributed by atoms with Crippen LogP contribution in [0.15, 0.2) is 55.0 Å². The first-order valence-electron chi connectivity index (χ1n) is 8.01. The maximum absolute atomic E-state index is 5.92. The lowest BCUT2D eigenvalue weighted by molar-refractivity contribution is 0.414. The molecule has 0 amide bonds. The largest absolute Gasteiger partial charge is 0.497 e. The number of methoxy groups -OCH3 is 1. The number of ether oxygens (including phenoxy) is 1. The highest BCUT2D eigenvalue weighted by Gasteiger charge is 2.13. The molecule has 0 unspecified atom stereocenters. The number of nitrogen functional groups attached to an aromatic ring is 1. The van der Waals surface area contributed by atoms with Crippen molar-refractivity contribution < 1.29 is 4.74 Å².